The van der Waals surface area contributed by atoms with E-state index in [0.29, 0.717) is 13.1 Å². The highest BCUT2D eigenvalue weighted by Gasteiger charge is 1.94. The second-order valence-electron chi connectivity index (χ2n) is 3.02. The van der Waals surface area contributed by atoms with Crippen molar-refractivity contribution in [3.05, 3.63) is 0 Å². The van der Waals surface area contributed by atoms with E-state index in [1.54, 1.807) is 0 Å². The average Bonchev–Trinajstić information content (AvgIpc) is 2.35. The lowest BCUT2D eigenvalue weighted by molar-refractivity contribution is 0.228. The van der Waals surface area contributed by atoms with Gasteiger partial charge >= 0.3 is 12.1 Å². The number of hydrogen-bond acceptors (Lipinski definition) is 4. The molecule has 0 aromatic heterocycles. The summed E-state index contributed by atoms with van der Waals surface area (Å²) in [4.78, 5) is 20.9. The molecular formula is C10H24N4O4. The first-order valence-electron chi connectivity index (χ1n) is 5.87. The predicted octanol–water partition coefficient (Wildman–Crippen LogP) is -1.40. The zero-order valence-corrected chi connectivity index (χ0v) is 11.0. The van der Waals surface area contributed by atoms with E-state index >= 15 is 0 Å². The maximum absolute atomic E-state index is 10.5. The molecule has 0 bridgehead atoms. The van der Waals surface area contributed by atoms with Gasteiger partial charge in [0.15, 0.2) is 0 Å². The smallest absolute Gasteiger partial charge is 0.314 e. The molecule has 0 spiro atoms. The van der Waals surface area contributed by atoms with E-state index in [4.69, 9.17) is 10.2 Å². The quantitative estimate of drug-likeness (QED) is 0.353. The molecule has 0 heterocycles. The summed E-state index contributed by atoms with van der Waals surface area (Å²) >= 11 is 0. The van der Waals surface area contributed by atoms with Gasteiger partial charge in [0.25, 0.3) is 0 Å². The Morgan fingerprint density at radius 1 is 0.778 bits per heavy atom. The third-order valence-corrected chi connectivity index (χ3v) is 1.47. The van der Waals surface area contributed by atoms with Gasteiger partial charge in [0.2, 0.25) is 0 Å². The van der Waals surface area contributed by atoms with Crippen LogP contribution in [-0.2, 0) is 0 Å². The topological polar surface area (TPSA) is 123 Å². The van der Waals surface area contributed by atoms with Crippen LogP contribution in [0, 0.1) is 0 Å². The number of aliphatic hydroxyl groups excluding tert-OH is 2. The summed E-state index contributed by atoms with van der Waals surface area (Å²) in [6.45, 7) is 5.45. The van der Waals surface area contributed by atoms with Crippen molar-refractivity contribution in [2.75, 3.05) is 39.4 Å². The van der Waals surface area contributed by atoms with Crippen LogP contribution < -0.4 is 21.3 Å². The second kappa shape index (κ2) is 15.5. The molecule has 0 aliphatic heterocycles. The molecule has 108 valence electrons. The van der Waals surface area contributed by atoms with E-state index in [2.05, 4.69) is 21.3 Å². The Hall–Kier alpha value is -1.54. The molecule has 0 aliphatic carbocycles. The summed E-state index contributed by atoms with van der Waals surface area (Å²) in [6, 6.07) is -0.460. The van der Waals surface area contributed by atoms with Crippen molar-refractivity contribution in [1.29, 1.82) is 0 Å². The van der Waals surface area contributed by atoms with Crippen LogP contribution in [0.4, 0.5) is 9.59 Å². The number of carbonyl (C=O) groups is 2. The normalized spacial score (nSPS) is 8.67. The Labute approximate surface area is 107 Å². The molecule has 8 nitrogen and oxygen atoms in total. The second-order valence-corrected chi connectivity index (χ2v) is 3.02. The van der Waals surface area contributed by atoms with Crippen molar-refractivity contribution < 1.29 is 19.8 Å². The van der Waals surface area contributed by atoms with E-state index < -0.39 is 0 Å². The van der Waals surface area contributed by atoms with Crippen molar-refractivity contribution in [3.8, 4) is 0 Å². The highest BCUT2D eigenvalue weighted by molar-refractivity contribution is 5.73. The van der Waals surface area contributed by atoms with Crippen LogP contribution >= 0.6 is 0 Å². The van der Waals surface area contributed by atoms with Gasteiger partial charge in [0, 0.05) is 26.2 Å². The standard InChI is InChI=1S/C5H12N2O3.C5H12N2O/c8-3-1-6-5(10)7-2-4-9;1-3-6-5(8)7-4-2/h8-9H,1-4H2,(H2,6,7,10);3-4H2,1-2H3,(H2,6,7,8). The largest absolute Gasteiger partial charge is 0.395 e. The molecular weight excluding hydrogens is 240 g/mol. The fraction of sp³-hybridized carbons (Fsp3) is 0.800. The highest BCUT2D eigenvalue weighted by atomic mass is 16.3. The van der Waals surface area contributed by atoms with E-state index in [-0.39, 0.29) is 38.4 Å². The fourth-order valence-corrected chi connectivity index (χ4v) is 0.785. The minimum atomic E-state index is -0.372. The van der Waals surface area contributed by atoms with Crippen molar-refractivity contribution in [1.82, 2.24) is 21.3 Å². The highest BCUT2D eigenvalue weighted by Crippen LogP contribution is 1.63. The molecule has 6 N–H and O–H groups in total. The molecule has 0 unspecified atom stereocenters. The number of amides is 4. The summed E-state index contributed by atoms with van der Waals surface area (Å²) in [5.41, 5.74) is 0. The number of nitrogens with one attached hydrogen (secondary N) is 4. The van der Waals surface area contributed by atoms with Crippen LogP contribution in [0.1, 0.15) is 13.8 Å². The molecule has 0 aliphatic rings. The molecule has 0 atom stereocenters. The molecule has 0 saturated heterocycles. The van der Waals surface area contributed by atoms with Gasteiger partial charge in [-0.3, -0.25) is 0 Å². The maximum Gasteiger partial charge on any atom is 0.314 e. The zero-order chi connectivity index (χ0) is 14.2. The summed E-state index contributed by atoms with van der Waals surface area (Å²) in [5, 5.41) is 26.4. The fourth-order valence-electron chi connectivity index (χ4n) is 0.785. The molecule has 0 aromatic rings. The maximum atomic E-state index is 10.5. The van der Waals surface area contributed by atoms with Gasteiger partial charge in [-0.05, 0) is 13.8 Å². The van der Waals surface area contributed by atoms with Crippen molar-refractivity contribution >= 4 is 12.1 Å². The van der Waals surface area contributed by atoms with Crippen molar-refractivity contribution in [2.45, 2.75) is 13.8 Å². The first-order valence-corrected chi connectivity index (χ1v) is 5.87. The molecule has 0 aromatic carbocycles. The summed E-state index contributed by atoms with van der Waals surface area (Å²) in [6.07, 6.45) is 0. The zero-order valence-electron chi connectivity index (χ0n) is 11.0. The Morgan fingerprint density at radius 3 is 1.39 bits per heavy atom. The van der Waals surface area contributed by atoms with Gasteiger partial charge in [-0.2, -0.15) is 0 Å². The summed E-state index contributed by atoms with van der Waals surface area (Å²) in [5.74, 6) is 0. The minimum Gasteiger partial charge on any atom is -0.395 e. The minimum absolute atomic E-state index is 0.0768. The monoisotopic (exact) mass is 264 g/mol. The van der Waals surface area contributed by atoms with E-state index in [1.807, 2.05) is 13.8 Å². The van der Waals surface area contributed by atoms with Gasteiger partial charge in [0.1, 0.15) is 0 Å². The Bertz CT molecular complexity index is 196. The molecule has 0 fully saturated rings. The molecule has 0 radical (unpaired) electrons. The molecule has 8 heteroatoms. The number of hydrogen-bond donors (Lipinski definition) is 6. The molecule has 0 saturated carbocycles. The van der Waals surface area contributed by atoms with Crippen molar-refractivity contribution in [3.63, 3.8) is 0 Å². The number of aliphatic hydroxyl groups is 2. The van der Waals surface area contributed by atoms with Crippen molar-refractivity contribution in [2.24, 2.45) is 0 Å². The number of urea groups is 2. The van der Waals surface area contributed by atoms with E-state index in [0.717, 1.165) is 0 Å². The predicted molar refractivity (Wildman–Crippen MR) is 68.3 cm³/mol. The van der Waals surface area contributed by atoms with Gasteiger partial charge < -0.3 is 31.5 Å². The van der Waals surface area contributed by atoms with Crippen LogP contribution in [0.2, 0.25) is 0 Å². The van der Waals surface area contributed by atoms with E-state index in [1.165, 1.54) is 0 Å². The van der Waals surface area contributed by atoms with Gasteiger partial charge in [0.05, 0.1) is 13.2 Å². The number of rotatable bonds is 6. The lowest BCUT2D eigenvalue weighted by Crippen LogP contribution is -2.38. The first-order chi connectivity index (χ1) is 8.62. The van der Waals surface area contributed by atoms with Crippen LogP contribution in [0.3, 0.4) is 0 Å². The summed E-state index contributed by atoms with van der Waals surface area (Å²) < 4.78 is 0. The Balaban J connectivity index is 0. The lowest BCUT2D eigenvalue weighted by atomic mass is 10.6. The Kier molecular flexibility index (Phi) is 16.2. The van der Waals surface area contributed by atoms with E-state index in [9.17, 15) is 9.59 Å². The molecule has 0 rings (SSSR count). The third kappa shape index (κ3) is 16.9. The Morgan fingerprint density at radius 2 is 1.11 bits per heavy atom. The van der Waals surface area contributed by atoms with Gasteiger partial charge in [-0.15, -0.1) is 0 Å². The number of carbonyl (C=O) groups excluding carboxylic acids is 2. The van der Waals surface area contributed by atoms with Gasteiger partial charge in [-0.1, -0.05) is 0 Å². The van der Waals surface area contributed by atoms with Crippen LogP contribution in [-0.4, -0.2) is 61.7 Å². The summed E-state index contributed by atoms with van der Waals surface area (Å²) in [7, 11) is 0. The molecule has 18 heavy (non-hydrogen) atoms. The lowest BCUT2D eigenvalue weighted by Gasteiger charge is -2.03. The van der Waals surface area contributed by atoms with Gasteiger partial charge in [-0.25, -0.2) is 9.59 Å². The first kappa shape index (κ1) is 18.8. The molecule has 4 amide bonds. The third-order valence-electron chi connectivity index (χ3n) is 1.47. The SMILES string of the molecule is CCNC(=O)NCC.O=C(NCCO)NCCO. The van der Waals surface area contributed by atoms with Crippen LogP contribution in [0.25, 0.3) is 0 Å². The van der Waals surface area contributed by atoms with Crippen LogP contribution in [0.15, 0.2) is 0 Å². The van der Waals surface area contributed by atoms with Crippen LogP contribution in [0.5, 0.6) is 0 Å². The average molecular weight is 264 g/mol.